The lowest BCUT2D eigenvalue weighted by Crippen LogP contribution is -2.52. The van der Waals surface area contributed by atoms with Gasteiger partial charge in [-0.3, -0.25) is 14.4 Å². The van der Waals surface area contributed by atoms with Gasteiger partial charge in [0.25, 0.3) is 5.91 Å². The number of para-hydroxylation sites is 1. The molecule has 4 rings (SSSR count). The van der Waals surface area contributed by atoms with Gasteiger partial charge in [-0.15, -0.1) is 0 Å². The fraction of sp³-hybridized carbons (Fsp3) is 0.304. The summed E-state index contributed by atoms with van der Waals surface area (Å²) in [4.78, 5) is 40.5. The van der Waals surface area contributed by atoms with Crippen molar-refractivity contribution < 1.29 is 19.1 Å². The van der Waals surface area contributed by atoms with Gasteiger partial charge in [0.1, 0.15) is 5.75 Å². The maximum Gasteiger partial charge on any atom is 0.266 e. The number of rotatable bonds is 4. The Morgan fingerprint density at radius 3 is 2.33 bits per heavy atom. The second-order valence-electron chi connectivity index (χ2n) is 7.28. The molecule has 2 aliphatic heterocycles. The van der Waals surface area contributed by atoms with Crippen LogP contribution in [0.2, 0.25) is 0 Å². The summed E-state index contributed by atoms with van der Waals surface area (Å²) in [6.07, 6.45) is 0.580. The van der Waals surface area contributed by atoms with Crippen molar-refractivity contribution in [2.45, 2.75) is 38.6 Å². The van der Waals surface area contributed by atoms with Crippen LogP contribution in [0.1, 0.15) is 44.2 Å². The molecule has 1 atom stereocenters. The molecule has 2 aliphatic rings. The molecule has 2 aromatic rings. The summed E-state index contributed by atoms with van der Waals surface area (Å²) >= 11 is 0. The predicted molar refractivity (Wildman–Crippen MR) is 112 cm³/mol. The fourth-order valence-electron chi connectivity index (χ4n) is 4.13. The van der Waals surface area contributed by atoms with E-state index in [4.69, 9.17) is 4.74 Å². The Morgan fingerprint density at radius 2 is 1.70 bits per heavy atom. The van der Waals surface area contributed by atoms with Gasteiger partial charge >= 0.3 is 0 Å². The average molecular weight is 405 g/mol. The second-order valence-corrected chi connectivity index (χ2v) is 7.28. The number of hydrogen-bond donors (Lipinski definition) is 0. The molecular formula is C23H23N3O4. The van der Waals surface area contributed by atoms with Crippen LogP contribution in [0.25, 0.3) is 0 Å². The van der Waals surface area contributed by atoms with Crippen LogP contribution in [0.5, 0.6) is 5.75 Å². The molecule has 7 nitrogen and oxygen atoms in total. The lowest BCUT2D eigenvalue weighted by molar-refractivity contribution is -0.145. The Bertz CT molecular complexity index is 1060. The molecule has 0 N–H and O–H groups in total. The normalized spacial score (nSPS) is 19.8. The standard InChI is InChI=1S/C23H23N3O4/c1-4-20(27)25-19-9-7-6-8-17(19)23(22(25)29)14-18(24-26(23)21(28)5-2)15-10-12-16(30-3)13-11-15/h6-13H,4-5,14H2,1-3H3. The number of imide groups is 1. The van der Waals surface area contributed by atoms with Crippen molar-refractivity contribution in [3.05, 3.63) is 59.7 Å². The van der Waals surface area contributed by atoms with Crippen LogP contribution in [0.3, 0.4) is 0 Å². The van der Waals surface area contributed by atoms with E-state index in [0.29, 0.717) is 22.7 Å². The van der Waals surface area contributed by atoms with E-state index in [9.17, 15) is 14.4 Å². The van der Waals surface area contributed by atoms with Crippen molar-refractivity contribution in [2.24, 2.45) is 5.10 Å². The molecule has 1 unspecified atom stereocenters. The number of hydrogen-bond acceptors (Lipinski definition) is 5. The summed E-state index contributed by atoms with van der Waals surface area (Å²) < 4.78 is 5.22. The van der Waals surface area contributed by atoms with Gasteiger partial charge < -0.3 is 4.74 Å². The van der Waals surface area contributed by atoms with Crippen LogP contribution >= 0.6 is 0 Å². The Hall–Kier alpha value is -3.48. The van der Waals surface area contributed by atoms with E-state index in [2.05, 4.69) is 5.10 Å². The Labute approximate surface area is 174 Å². The summed E-state index contributed by atoms with van der Waals surface area (Å²) in [5.41, 5.74) is 1.23. The molecule has 154 valence electrons. The lowest BCUT2D eigenvalue weighted by Gasteiger charge is -2.31. The van der Waals surface area contributed by atoms with Gasteiger partial charge in [0.15, 0.2) is 5.54 Å². The number of ether oxygens (including phenoxy) is 1. The third-order valence-electron chi connectivity index (χ3n) is 5.67. The van der Waals surface area contributed by atoms with Crippen molar-refractivity contribution >= 4 is 29.1 Å². The number of carbonyl (C=O) groups excluding carboxylic acids is 3. The van der Waals surface area contributed by atoms with Crippen molar-refractivity contribution in [1.29, 1.82) is 0 Å². The number of anilines is 1. The van der Waals surface area contributed by atoms with Crippen LogP contribution in [0.15, 0.2) is 53.6 Å². The molecule has 0 saturated carbocycles. The highest BCUT2D eigenvalue weighted by Crippen LogP contribution is 2.50. The van der Waals surface area contributed by atoms with Gasteiger partial charge in [-0.05, 0) is 35.9 Å². The summed E-state index contributed by atoms with van der Waals surface area (Å²) in [6, 6.07) is 14.5. The minimum atomic E-state index is -1.34. The number of methoxy groups -OCH3 is 1. The molecule has 0 aromatic heterocycles. The number of nitrogens with zero attached hydrogens (tertiary/aromatic N) is 3. The molecule has 30 heavy (non-hydrogen) atoms. The van der Waals surface area contributed by atoms with Crippen molar-refractivity contribution in [3.63, 3.8) is 0 Å². The van der Waals surface area contributed by atoms with Crippen LogP contribution in [0, 0.1) is 0 Å². The van der Waals surface area contributed by atoms with Crippen LogP contribution in [-0.4, -0.2) is 35.6 Å². The van der Waals surface area contributed by atoms with Crippen LogP contribution in [-0.2, 0) is 19.9 Å². The molecule has 0 aliphatic carbocycles. The van der Waals surface area contributed by atoms with Gasteiger partial charge in [0, 0.05) is 24.8 Å². The number of benzene rings is 2. The lowest BCUT2D eigenvalue weighted by atomic mass is 9.85. The first kappa shape index (κ1) is 19.8. The zero-order valence-electron chi connectivity index (χ0n) is 17.2. The van der Waals surface area contributed by atoms with E-state index in [1.807, 2.05) is 30.3 Å². The monoisotopic (exact) mass is 405 g/mol. The van der Waals surface area contributed by atoms with E-state index in [-0.39, 0.29) is 31.1 Å². The van der Waals surface area contributed by atoms with Crippen LogP contribution in [0.4, 0.5) is 5.69 Å². The zero-order chi connectivity index (χ0) is 21.5. The third kappa shape index (κ3) is 2.73. The predicted octanol–water partition coefficient (Wildman–Crippen LogP) is 3.22. The van der Waals surface area contributed by atoms with Crippen molar-refractivity contribution in [1.82, 2.24) is 5.01 Å². The van der Waals surface area contributed by atoms with Gasteiger partial charge in [0.05, 0.1) is 18.5 Å². The van der Waals surface area contributed by atoms with Gasteiger partial charge in [-0.2, -0.15) is 5.10 Å². The summed E-state index contributed by atoms with van der Waals surface area (Å²) in [7, 11) is 1.59. The Balaban J connectivity index is 1.86. The number of hydrazone groups is 1. The molecule has 3 amide bonds. The highest BCUT2D eigenvalue weighted by atomic mass is 16.5. The molecule has 7 heteroatoms. The van der Waals surface area contributed by atoms with Gasteiger partial charge in [-0.25, -0.2) is 9.91 Å². The van der Waals surface area contributed by atoms with Gasteiger partial charge in [-0.1, -0.05) is 32.0 Å². The molecule has 0 bridgehead atoms. The topological polar surface area (TPSA) is 79.3 Å². The smallest absolute Gasteiger partial charge is 0.266 e. The first-order valence-electron chi connectivity index (χ1n) is 9.99. The SMILES string of the molecule is CCC(=O)N1C(=O)C2(CC(c3ccc(OC)cc3)=NN2C(=O)CC)c2ccccc21. The van der Waals surface area contributed by atoms with E-state index >= 15 is 0 Å². The Kier molecular flexibility index (Phi) is 4.89. The Morgan fingerprint density at radius 1 is 1.03 bits per heavy atom. The van der Waals surface area contributed by atoms with E-state index in [0.717, 1.165) is 5.56 Å². The maximum atomic E-state index is 13.7. The fourth-order valence-corrected chi connectivity index (χ4v) is 4.13. The molecule has 0 radical (unpaired) electrons. The molecule has 1 spiro atoms. The first-order valence-corrected chi connectivity index (χ1v) is 9.99. The van der Waals surface area contributed by atoms with Crippen molar-refractivity contribution in [2.75, 3.05) is 12.0 Å². The molecule has 0 fully saturated rings. The van der Waals surface area contributed by atoms with E-state index < -0.39 is 11.4 Å². The highest BCUT2D eigenvalue weighted by molar-refractivity contribution is 6.25. The number of carbonyl (C=O) groups is 3. The highest BCUT2D eigenvalue weighted by Gasteiger charge is 2.61. The minimum absolute atomic E-state index is 0.185. The van der Waals surface area contributed by atoms with Crippen molar-refractivity contribution in [3.8, 4) is 5.75 Å². The van der Waals surface area contributed by atoms with Gasteiger partial charge in [0.2, 0.25) is 11.8 Å². The largest absolute Gasteiger partial charge is 0.497 e. The van der Waals surface area contributed by atoms with Crippen LogP contribution < -0.4 is 9.64 Å². The molecular weight excluding hydrogens is 382 g/mol. The molecule has 2 heterocycles. The zero-order valence-corrected chi connectivity index (χ0v) is 17.2. The van der Waals surface area contributed by atoms with E-state index in [1.165, 1.54) is 9.91 Å². The summed E-state index contributed by atoms with van der Waals surface area (Å²) in [6.45, 7) is 3.45. The molecule has 0 saturated heterocycles. The number of amides is 3. The average Bonchev–Trinajstić information content (AvgIpc) is 3.30. The second kappa shape index (κ2) is 7.40. The molecule has 2 aromatic carbocycles. The summed E-state index contributed by atoms with van der Waals surface area (Å²) in [5.74, 6) is -0.293. The third-order valence-corrected chi connectivity index (χ3v) is 5.67. The first-order chi connectivity index (χ1) is 14.5. The summed E-state index contributed by atoms with van der Waals surface area (Å²) in [5, 5.41) is 5.88. The number of fused-ring (bicyclic) bond motifs is 2. The quantitative estimate of drug-likeness (QED) is 0.782. The minimum Gasteiger partial charge on any atom is -0.497 e. The van der Waals surface area contributed by atoms with E-state index in [1.54, 1.807) is 39.2 Å². The maximum absolute atomic E-state index is 13.7.